The van der Waals surface area contributed by atoms with Gasteiger partial charge in [0, 0.05) is 13.1 Å². The maximum absolute atomic E-state index is 13.7. The Morgan fingerprint density at radius 2 is 1.08 bits per heavy atom. The molecule has 3 aliphatic heterocycles. The zero-order valence-corrected chi connectivity index (χ0v) is 39.1. The summed E-state index contributed by atoms with van der Waals surface area (Å²) < 4.78 is 16.2. The molecule has 2 fully saturated rings. The summed E-state index contributed by atoms with van der Waals surface area (Å²) in [6, 6.07) is 19.6. The maximum atomic E-state index is 13.7. The van der Waals surface area contributed by atoms with Crippen molar-refractivity contribution in [1.29, 1.82) is 0 Å². The number of benzene rings is 3. The van der Waals surface area contributed by atoms with Crippen molar-refractivity contribution >= 4 is 24.0 Å². The summed E-state index contributed by atoms with van der Waals surface area (Å²) >= 11 is 0. The van der Waals surface area contributed by atoms with Crippen LogP contribution in [0.25, 0.3) is 44.8 Å². The van der Waals surface area contributed by atoms with Gasteiger partial charge < -0.3 is 44.6 Å². The minimum absolute atomic E-state index is 0.0493. The van der Waals surface area contributed by atoms with Crippen LogP contribution in [-0.2, 0) is 23.8 Å². The third kappa shape index (κ3) is 9.05. The highest BCUT2D eigenvalue weighted by molar-refractivity contribution is 5.87. The first-order chi connectivity index (χ1) is 31.8. The summed E-state index contributed by atoms with van der Waals surface area (Å²) in [5.74, 6) is 0.950. The van der Waals surface area contributed by atoms with Gasteiger partial charge in [0.15, 0.2) is 0 Å². The highest BCUT2D eigenvalue weighted by Crippen LogP contribution is 2.50. The highest BCUT2D eigenvalue weighted by atomic mass is 16.5. The van der Waals surface area contributed by atoms with E-state index in [-0.39, 0.29) is 47.9 Å². The molecule has 5 heterocycles. The number of methoxy groups -OCH3 is 2. The van der Waals surface area contributed by atoms with Crippen LogP contribution in [0.1, 0.15) is 121 Å². The van der Waals surface area contributed by atoms with E-state index in [0.717, 1.165) is 88.5 Å². The van der Waals surface area contributed by atoms with Crippen molar-refractivity contribution in [3.05, 3.63) is 95.8 Å². The van der Waals surface area contributed by atoms with Crippen LogP contribution >= 0.6 is 0 Å². The van der Waals surface area contributed by atoms with E-state index in [2.05, 4.69) is 95.1 Å². The third-order valence-electron chi connectivity index (χ3n) is 13.4. The predicted molar refractivity (Wildman–Crippen MR) is 251 cm³/mol. The Labute approximate surface area is 386 Å². The van der Waals surface area contributed by atoms with Gasteiger partial charge in [-0.2, -0.15) is 0 Å². The van der Waals surface area contributed by atoms with Crippen molar-refractivity contribution in [2.45, 2.75) is 110 Å². The maximum Gasteiger partial charge on any atom is 0.407 e. The molecule has 4 N–H and O–H groups in total. The van der Waals surface area contributed by atoms with Crippen molar-refractivity contribution in [1.82, 2.24) is 40.4 Å². The summed E-state index contributed by atoms with van der Waals surface area (Å²) in [6.45, 7) is 13.1. The average Bonchev–Trinajstić information content (AvgIpc) is 4.19. The Balaban J connectivity index is 0.996. The topological polar surface area (TPSA) is 184 Å². The molecule has 3 aromatic carbocycles. The number of aromatic amines is 2. The van der Waals surface area contributed by atoms with Gasteiger partial charge in [0.2, 0.25) is 11.8 Å². The van der Waals surface area contributed by atoms with Gasteiger partial charge >= 0.3 is 12.2 Å². The van der Waals surface area contributed by atoms with Gasteiger partial charge in [0.1, 0.15) is 23.7 Å². The Morgan fingerprint density at radius 1 is 0.667 bits per heavy atom. The number of fused-ring (bicyclic) bond motifs is 1. The number of nitrogens with zero attached hydrogens (tertiary/aromatic N) is 4. The number of alkyl carbamates (subject to hydrolysis) is 2. The largest absolute Gasteiger partial charge is 0.453 e. The Kier molecular flexibility index (Phi) is 13.6. The van der Waals surface area contributed by atoms with Crippen LogP contribution in [0.4, 0.5) is 9.59 Å². The van der Waals surface area contributed by atoms with E-state index in [4.69, 9.17) is 24.2 Å². The summed E-state index contributed by atoms with van der Waals surface area (Å²) in [5, 5.41) is 5.43. The molecule has 3 aliphatic rings. The Morgan fingerprint density at radius 3 is 1.47 bits per heavy atom. The molecule has 4 amide bonds. The number of amides is 4. The molecule has 0 radical (unpaired) electrons. The SMILES string of the molecule is CCC1OC(C)c2c(-c3ccc(-c4cnc([C@H]5CCCN5C(=O)[C@@H](NC(=O)OC)C(C)C)[nH]4)cc3)ccc(-c3ccc(-c4cnc([C@H]5CCCN5C(=O)[C@@H](NC(=O)OC)C(C)C)[nH]4)cc3)c21. The zero-order valence-electron chi connectivity index (χ0n) is 39.1. The summed E-state index contributed by atoms with van der Waals surface area (Å²) in [5.41, 5.74) is 10.6. The van der Waals surface area contributed by atoms with Crippen LogP contribution in [-0.4, -0.2) is 93.1 Å². The lowest BCUT2D eigenvalue weighted by Crippen LogP contribution is -2.51. The molecule has 2 unspecified atom stereocenters. The molecule has 2 saturated heterocycles. The van der Waals surface area contributed by atoms with Crippen molar-refractivity contribution in [2.24, 2.45) is 11.8 Å². The molecule has 15 heteroatoms. The number of nitrogens with one attached hydrogen (secondary N) is 4. The van der Waals surface area contributed by atoms with Crippen molar-refractivity contribution in [3.8, 4) is 44.8 Å². The Hall–Kier alpha value is -6.48. The van der Waals surface area contributed by atoms with Crippen LogP contribution in [0.15, 0.2) is 73.1 Å². The number of hydrogen-bond donors (Lipinski definition) is 4. The van der Waals surface area contributed by atoms with Crippen LogP contribution in [0.3, 0.4) is 0 Å². The number of H-pyrrole nitrogens is 2. The van der Waals surface area contributed by atoms with Gasteiger partial charge in [-0.25, -0.2) is 19.6 Å². The molecule has 6 atom stereocenters. The predicted octanol–water partition coefficient (Wildman–Crippen LogP) is 9.43. The smallest absolute Gasteiger partial charge is 0.407 e. The standard InChI is InChI=1S/C51H62N8O7/c1-9-41-43-36(32-16-20-34(21-17-32)38-27-53-47(55-38)40-13-11-25-59(40)49(61)45(29(4)5)57-51(63)65-8)23-22-35(42(43)30(6)66-41)31-14-18-33(19-15-31)37-26-52-46(54-37)39-12-10-24-58(39)48(60)44(28(2)3)56-50(62)64-7/h14-23,26-30,39-41,44-45H,9-13,24-25H2,1-8H3,(H,52,54)(H,53,55)(H,56,62)(H,57,63)/t30?,39-,40-,41?,44+,45+/m1/s1. The van der Waals surface area contributed by atoms with Crippen LogP contribution in [0.2, 0.25) is 0 Å². The lowest BCUT2D eigenvalue weighted by Gasteiger charge is -2.30. The molecule has 0 bridgehead atoms. The van der Waals surface area contributed by atoms with Gasteiger partial charge in [-0.15, -0.1) is 0 Å². The van der Waals surface area contributed by atoms with Crippen molar-refractivity contribution in [2.75, 3.05) is 27.3 Å². The second kappa shape index (κ2) is 19.5. The fourth-order valence-electron chi connectivity index (χ4n) is 9.96. The zero-order chi connectivity index (χ0) is 46.8. The monoisotopic (exact) mass is 898 g/mol. The van der Waals surface area contributed by atoms with Crippen molar-refractivity contribution in [3.63, 3.8) is 0 Å². The molecular formula is C51H62N8O7. The minimum atomic E-state index is -0.696. The summed E-state index contributed by atoms with van der Waals surface area (Å²) in [7, 11) is 2.59. The van der Waals surface area contributed by atoms with E-state index in [1.165, 1.54) is 25.3 Å². The number of carbonyl (C=O) groups is 4. The first kappa shape index (κ1) is 46.1. The molecule has 2 aromatic heterocycles. The molecule has 0 spiro atoms. The normalized spacial score (nSPS) is 20.1. The van der Waals surface area contributed by atoms with Crippen LogP contribution in [0, 0.1) is 11.8 Å². The van der Waals surface area contributed by atoms with Crippen molar-refractivity contribution < 1.29 is 33.4 Å². The molecule has 5 aromatic rings. The number of hydrogen-bond acceptors (Lipinski definition) is 9. The second-order valence-corrected chi connectivity index (χ2v) is 18.3. The molecule has 0 aliphatic carbocycles. The lowest BCUT2D eigenvalue weighted by molar-refractivity contribution is -0.136. The summed E-state index contributed by atoms with van der Waals surface area (Å²) in [6.07, 6.45) is 6.34. The number of carbonyl (C=O) groups excluding carboxylic acids is 4. The number of aromatic nitrogens is 4. The fraction of sp³-hybridized carbons (Fsp3) is 0.451. The highest BCUT2D eigenvalue weighted by Gasteiger charge is 2.39. The average molecular weight is 899 g/mol. The van der Waals surface area contributed by atoms with Gasteiger partial charge in [0.25, 0.3) is 0 Å². The second-order valence-electron chi connectivity index (χ2n) is 18.3. The van der Waals surface area contributed by atoms with E-state index in [1.54, 1.807) is 0 Å². The number of ether oxygens (including phenoxy) is 3. The van der Waals surface area contributed by atoms with Gasteiger partial charge in [-0.3, -0.25) is 9.59 Å². The van der Waals surface area contributed by atoms with E-state index in [0.29, 0.717) is 13.1 Å². The third-order valence-corrected chi connectivity index (χ3v) is 13.4. The number of imidazole rings is 2. The quantitative estimate of drug-likeness (QED) is 0.0894. The molecule has 348 valence electrons. The van der Waals surface area contributed by atoms with E-state index < -0.39 is 24.3 Å². The van der Waals surface area contributed by atoms with E-state index in [1.807, 2.05) is 49.9 Å². The molecule has 15 nitrogen and oxygen atoms in total. The number of likely N-dealkylation sites (tertiary alicyclic amines) is 2. The van der Waals surface area contributed by atoms with Crippen LogP contribution in [0.5, 0.6) is 0 Å². The number of rotatable bonds is 13. The minimum Gasteiger partial charge on any atom is -0.453 e. The lowest BCUT2D eigenvalue weighted by atomic mass is 9.85. The molecule has 0 saturated carbocycles. The Bertz CT molecular complexity index is 2550. The van der Waals surface area contributed by atoms with E-state index >= 15 is 0 Å². The summed E-state index contributed by atoms with van der Waals surface area (Å²) in [4.78, 5) is 71.6. The van der Waals surface area contributed by atoms with Gasteiger partial charge in [-0.05, 0) is 95.4 Å². The van der Waals surface area contributed by atoms with Crippen LogP contribution < -0.4 is 10.6 Å². The van der Waals surface area contributed by atoms with Gasteiger partial charge in [-0.1, -0.05) is 95.3 Å². The first-order valence-electron chi connectivity index (χ1n) is 23.2. The molecular weight excluding hydrogens is 837 g/mol. The molecule has 66 heavy (non-hydrogen) atoms. The fourth-order valence-corrected chi connectivity index (χ4v) is 9.96. The van der Waals surface area contributed by atoms with E-state index in [9.17, 15) is 19.2 Å². The van der Waals surface area contributed by atoms with Gasteiger partial charge in [0.05, 0.1) is 62.3 Å². The first-order valence-corrected chi connectivity index (χ1v) is 23.2. The molecule has 8 rings (SSSR count).